The Balaban J connectivity index is 2.03. The molecule has 8 nitrogen and oxygen atoms in total. The normalized spacial score (nSPS) is 18.4. The summed E-state index contributed by atoms with van der Waals surface area (Å²) in [6.45, 7) is 5.60. The second-order valence-corrected chi connectivity index (χ2v) is 5.79. The quantitative estimate of drug-likeness (QED) is 0.789. The number of hydrogen-bond donors (Lipinski definition) is 2. The van der Waals surface area contributed by atoms with Gasteiger partial charge in [-0.05, 0) is 32.1 Å². The Morgan fingerprint density at radius 2 is 2.13 bits per heavy atom. The molecule has 1 fully saturated rings. The number of nitrogens with zero attached hydrogens (tertiary/aromatic N) is 2. The van der Waals surface area contributed by atoms with Gasteiger partial charge in [0.05, 0.1) is 12.6 Å². The number of carbonyl (C=O) groups is 1. The van der Waals surface area contributed by atoms with Crippen molar-refractivity contribution in [3.05, 3.63) is 11.7 Å². The van der Waals surface area contributed by atoms with Crippen molar-refractivity contribution in [3.63, 3.8) is 0 Å². The molecule has 8 heteroatoms. The summed E-state index contributed by atoms with van der Waals surface area (Å²) in [6, 6.07) is -0.582. The molecule has 1 aliphatic heterocycles. The lowest BCUT2D eigenvalue weighted by Crippen LogP contribution is -2.47. The minimum Gasteiger partial charge on any atom is -0.383 e. The number of methoxy groups -OCH3 is 1. The highest BCUT2D eigenvalue weighted by Crippen LogP contribution is 2.29. The van der Waals surface area contributed by atoms with Crippen molar-refractivity contribution in [2.75, 3.05) is 26.9 Å². The van der Waals surface area contributed by atoms with Gasteiger partial charge in [-0.2, -0.15) is 4.98 Å². The standard InChI is InChI=1S/C15H26N4O4/c1-4-12(9-21-3)17-15(20)18-13(11-5-7-22-8-6-11)14-16-10(2)19-23-14/h11-13H,4-9H2,1-3H3,(H2,17,18,20)/t12-,13-/m0/s1. The fraction of sp³-hybridized carbons (Fsp3) is 0.800. The molecule has 1 aromatic rings. The molecule has 2 rings (SSSR count). The lowest BCUT2D eigenvalue weighted by atomic mass is 9.91. The van der Waals surface area contributed by atoms with Gasteiger partial charge in [-0.15, -0.1) is 0 Å². The summed E-state index contributed by atoms with van der Waals surface area (Å²) < 4.78 is 15.8. The predicted octanol–water partition coefficient (Wildman–Crippen LogP) is 1.57. The Kier molecular flexibility index (Phi) is 6.79. The van der Waals surface area contributed by atoms with Crippen LogP contribution in [-0.2, 0) is 9.47 Å². The zero-order chi connectivity index (χ0) is 16.7. The second-order valence-electron chi connectivity index (χ2n) is 5.79. The summed E-state index contributed by atoms with van der Waals surface area (Å²) in [7, 11) is 1.62. The molecule has 2 amide bonds. The van der Waals surface area contributed by atoms with Crippen molar-refractivity contribution in [1.82, 2.24) is 20.8 Å². The number of ether oxygens (including phenoxy) is 2. The zero-order valence-corrected chi connectivity index (χ0v) is 14.0. The van der Waals surface area contributed by atoms with Crippen LogP contribution >= 0.6 is 0 Å². The first-order valence-corrected chi connectivity index (χ1v) is 8.08. The van der Waals surface area contributed by atoms with Crippen LogP contribution in [0, 0.1) is 12.8 Å². The lowest BCUT2D eigenvalue weighted by molar-refractivity contribution is 0.0501. The Morgan fingerprint density at radius 3 is 2.70 bits per heavy atom. The molecule has 0 aliphatic carbocycles. The maximum Gasteiger partial charge on any atom is 0.315 e. The Morgan fingerprint density at radius 1 is 1.39 bits per heavy atom. The molecule has 1 saturated heterocycles. The first kappa shape index (κ1) is 17.7. The van der Waals surface area contributed by atoms with Gasteiger partial charge in [0, 0.05) is 20.3 Å². The van der Waals surface area contributed by atoms with Crippen LogP contribution in [0.5, 0.6) is 0 Å². The van der Waals surface area contributed by atoms with E-state index in [-0.39, 0.29) is 24.0 Å². The van der Waals surface area contributed by atoms with Crippen LogP contribution < -0.4 is 10.6 Å². The third-order valence-electron chi connectivity index (χ3n) is 4.03. The summed E-state index contributed by atoms with van der Waals surface area (Å²) in [5, 5.41) is 9.74. The number of rotatable bonds is 7. The first-order chi connectivity index (χ1) is 11.1. The van der Waals surface area contributed by atoms with E-state index in [4.69, 9.17) is 14.0 Å². The smallest absolute Gasteiger partial charge is 0.315 e. The average molecular weight is 326 g/mol. The number of aromatic nitrogens is 2. The van der Waals surface area contributed by atoms with Crippen LogP contribution in [0.25, 0.3) is 0 Å². The molecule has 2 N–H and O–H groups in total. The number of amides is 2. The summed E-state index contributed by atoms with van der Waals surface area (Å²) in [5.41, 5.74) is 0. The average Bonchev–Trinajstić information content (AvgIpc) is 2.99. The summed E-state index contributed by atoms with van der Waals surface area (Å²) in [4.78, 5) is 16.6. The van der Waals surface area contributed by atoms with Crippen molar-refractivity contribution in [2.45, 2.75) is 45.2 Å². The van der Waals surface area contributed by atoms with Crippen molar-refractivity contribution in [3.8, 4) is 0 Å². The van der Waals surface area contributed by atoms with E-state index in [1.54, 1.807) is 14.0 Å². The fourth-order valence-corrected chi connectivity index (χ4v) is 2.70. The van der Waals surface area contributed by atoms with Gasteiger partial charge in [-0.1, -0.05) is 12.1 Å². The van der Waals surface area contributed by atoms with Gasteiger partial charge in [0.15, 0.2) is 5.82 Å². The van der Waals surface area contributed by atoms with Crippen LogP contribution in [0.15, 0.2) is 4.52 Å². The highest BCUT2D eigenvalue weighted by atomic mass is 16.5. The van der Waals surface area contributed by atoms with E-state index in [0.29, 0.717) is 31.5 Å². The number of hydrogen-bond acceptors (Lipinski definition) is 6. The number of urea groups is 1. The largest absolute Gasteiger partial charge is 0.383 e. The van der Waals surface area contributed by atoms with E-state index < -0.39 is 0 Å². The minimum absolute atomic E-state index is 0.0280. The summed E-state index contributed by atoms with van der Waals surface area (Å²) in [5.74, 6) is 1.23. The molecule has 0 saturated carbocycles. The highest BCUT2D eigenvalue weighted by molar-refractivity contribution is 5.74. The molecule has 0 radical (unpaired) electrons. The van der Waals surface area contributed by atoms with Gasteiger partial charge in [0.2, 0.25) is 5.89 Å². The fourth-order valence-electron chi connectivity index (χ4n) is 2.70. The SMILES string of the molecule is CC[C@@H](COC)NC(=O)N[C@H](c1nc(C)no1)C1CCOCC1. The van der Waals surface area contributed by atoms with E-state index >= 15 is 0 Å². The van der Waals surface area contributed by atoms with Crippen molar-refractivity contribution >= 4 is 6.03 Å². The number of carbonyl (C=O) groups excluding carboxylic acids is 1. The third kappa shape index (κ3) is 5.18. The van der Waals surface area contributed by atoms with Crippen LogP contribution in [0.2, 0.25) is 0 Å². The van der Waals surface area contributed by atoms with Crippen molar-refractivity contribution in [2.24, 2.45) is 5.92 Å². The van der Waals surface area contributed by atoms with E-state index in [1.807, 2.05) is 6.92 Å². The maximum atomic E-state index is 12.3. The molecule has 1 aliphatic rings. The minimum atomic E-state index is -0.305. The van der Waals surface area contributed by atoms with Gasteiger partial charge in [0.25, 0.3) is 0 Å². The third-order valence-corrected chi connectivity index (χ3v) is 4.03. The lowest BCUT2D eigenvalue weighted by Gasteiger charge is -2.29. The molecule has 0 bridgehead atoms. The molecule has 0 aromatic carbocycles. The Bertz CT molecular complexity index is 488. The van der Waals surface area contributed by atoms with Crippen LogP contribution in [0.1, 0.15) is 43.9 Å². The second kappa shape index (κ2) is 8.83. The number of nitrogens with one attached hydrogen (secondary N) is 2. The van der Waals surface area contributed by atoms with E-state index in [0.717, 1.165) is 19.3 Å². The van der Waals surface area contributed by atoms with E-state index in [9.17, 15) is 4.79 Å². The van der Waals surface area contributed by atoms with Gasteiger partial charge in [-0.25, -0.2) is 4.79 Å². The van der Waals surface area contributed by atoms with Gasteiger partial charge in [0.1, 0.15) is 6.04 Å². The number of aryl methyl sites for hydroxylation is 1. The van der Waals surface area contributed by atoms with Gasteiger partial charge in [-0.3, -0.25) is 0 Å². The molecule has 2 atom stereocenters. The van der Waals surface area contributed by atoms with E-state index in [1.165, 1.54) is 0 Å². The Hall–Kier alpha value is -1.67. The van der Waals surface area contributed by atoms with Gasteiger partial charge < -0.3 is 24.6 Å². The predicted molar refractivity (Wildman–Crippen MR) is 82.9 cm³/mol. The molecule has 2 heterocycles. The highest BCUT2D eigenvalue weighted by Gasteiger charge is 2.31. The van der Waals surface area contributed by atoms with E-state index in [2.05, 4.69) is 20.8 Å². The van der Waals surface area contributed by atoms with Crippen LogP contribution in [0.3, 0.4) is 0 Å². The van der Waals surface area contributed by atoms with Crippen LogP contribution in [0.4, 0.5) is 4.79 Å². The topological polar surface area (TPSA) is 98.5 Å². The first-order valence-electron chi connectivity index (χ1n) is 8.08. The maximum absolute atomic E-state index is 12.3. The summed E-state index contributed by atoms with van der Waals surface area (Å²) in [6.07, 6.45) is 2.49. The molecule has 1 aromatic heterocycles. The summed E-state index contributed by atoms with van der Waals surface area (Å²) >= 11 is 0. The molecule has 0 spiro atoms. The molecule has 0 unspecified atom stereocenters. The molecular formula is C15H26N4O4. The molecular weight excluding hydrogens is 300 g/mol. The zero-order valence-electron chi connectivity index (χ0n) is 14.0. The molecule has 23 heavy (non-hydrogen) atoms. The van der Waals surface area contributed by atoms with Crippen molar-refractivity contribution in [1.29, 1.82) is 0 Å². The Labute approximate surface area is 136 Å². The molecule has 130 valence electrons. The van der Waals surface area contributed by atoms with Gasteiger partial charge >= 0.3 is 6.03 Å². The van der Waals surface area contributed by atoms with Crippen molar-refractivity contribution < 1.29 is 18.8 Å². The van der Waals surface area contributed by atoms with Crippen LogP contribution in [-0.4, -0.2) is 49.1 Å². The monoisotopic (exact) mass is 326 g/mol.